The van der Waals surface area contributed by atoms with E-state index >= 15 is 0 Å². The topological polar surface area (TPSA) is 68.2 Å². The van der Waals surface area contributed by atoms with Gasteiger partial charge in [-0.2, -0.15) is 18.3 Å². The van der Waals surface area contributed by atoms with Crippen molar-refractivity contribution in [1.82, 2.24) is 14.6 Å². The molecule has 2 rings (SSSR count). The zero-order valence-electron chi connectivity index (χ0n) is 11.2. The van der Waals surface area contributed by atoms with Gasteiger partial charge in [-0.3, -0.25) is 0 Å². The van der Waals surface area contributed by atoms with E-state index in [-0.39, 0.29) is 10.9 Å². The van der Waals surface area contributed by atoms with Crippen LogP contribution in [0.2, 0.25) is 0 Å². The number of halogens is 3. The van der Waals surface area contributed by atoms with Crippen LogP contribution in [-0.2, 0) is 6.18 Å². The van der Waals surface area contributed by atoms with Crippen molar-refractivity contribution in [1.29, 1.82) is 0 Å². The highest BCUT2D eigenvalue weighted by atomic mass is 19.4. The summed E-state index contributed by atoms with van der Waals surface area (Å²) in [7, 11) is 0. The SMILES string of the molecule is CC(C)(CN)CNc1nccn2nc(C(F)(F)F)cc12. The summed E-state index contributed by atoms with van der Waals surface area (Å²) in [6.07, 6.45) is -1.69. The number of hydrogen-bond donors (Lipinski definition) is 2. The molecule has 0 atom stereocenters. The Labute approximate surface area is 114 Å². The molecule has 20 heavy (non-hydrogen) atoms. The first-order valence-corrected chi connectivity index (χ1v) is 6.08. The van der Waals surface area contributed by atoms with Crippen molar-refractivity contribution in [3.63, 3.8) is 0 Å². The zero-order chi connectivity index (χ0) is 15.0. The molecule has 0 amide bonds. The molecule has 0 saturated heterocycles. The third-order valence-corrected chi connectivity index (χ3v) is 2.97. The molecule has 0 unspecified atom stereocenters. The monoisotopic (exact) mass is 287 g/mol. The van der Waals surface area contributed by atoms with Crippen LogP contribution >= 0.6 is 0 Å². The highest BCUT2D eigenvalue weighted by Crippen LogP contribution is 2.30. The number of nitrogens with one attached hydrogen (secondary N) is 1. The van der Waals surface area contributed by atoms with Gasteiger partial charge >= 0.3 is 6.18 Å². The second kappa shape index (κ2) is 4.93. The number of hydrogen-bond acceptors (Lipinski definition) is 4. The summed E-state index contributed by atoms with van der Waals surface area (Å²) in [6.45, 7) is 4.87. The Kier molecular flexibility index (Phi) is 3.59. The maximum Gasteiger partial charge on any atom is 0.435 e. The van der Waals surface area contributed by atoms with E-state index in [1.54, 1.807) is 0 Å². The maximum absolute atomic E-state index is 12.7. The van der Waals surface area contributed by atoms with Crippen molar-refractivity contribution in [2.45, 2.75) is 20.0 Å². The lowest BCUT2D eigenvalue weighted by molar-refractivity contribution is -0.141. The van der Waals surface area contributed by atoms with Crippen LogP contribution in [0.3, 0.4) is 0 Å². The van der Waals surface area contributed by atoms with Crippen LogP contribution in [-0.4, -0.2) is 27.7 Å². The van der Waals surface area contributed by atoms with Crippen LogP contribution in [0.4, 0.5) is 19.0 Å². The average molecular weight is 287 g/mol. The van der Waals surface area contributed by atoms with Crippen LogP contribution in [0.15, 0.2) is 18.5 Å². The molecule has 0 saturated carbocycles. The van der Waals surface area contributed by atoms with Crippen molar-refractivity contribution < 1.29 is 13.2 Å². The summed E-state index contributed by atoms with van der Waals surface area (Å²) in [5.74, 6) is 0.358. The van der Waals surface area contributed by atoms with Gasteiger partial charge in [0.15, 0.2) is 11.5 Å². The molecule has 0 bridgehead atoms. The van der Waals surface area contributed by atoms with Gasteiger partial charge in [0.2, 0.25) is 0 Å². The highest BCUT2D eigenvalue weighted by Gasteiger charge is 2.34. The predicted molar refractivity (Wildman–Crippen MR) is 69.3 cm³/mol. The number of nitrogens with two attached hydrogens (primary N) is 1. The Bertz CT molecular complexity index is 603. The van der Waals surface area contributed by atoms with Crippen LogP contribution in [0.25, 0.3) is 5.52 Å². The van der Waals surface area contributed by atoms with Gasteiger partial charge in [-0.25, -0.2) is 9.50 Å². The number of alkyl halides is 3. The Morgan fingerprint density at radius 3 is 2.65 bits per heavy atom. The fourth-order valence-electron chi connectivity index (χ4n) is 1.59. The maximum atomic E-state index is 12.7. The molecule has 0 aromatic carbocycles. The number of nitrogens with zero attached hydrogens (tertiary/aromatic N) is 3. The van der Waals surface area contributed by atoms with E-state index in [9.17, 15) is 13.2 Å². The summed E-state index contributed by atoms with van der Waals surface area (Å²) in [4.78, 5) is 4.06. The average Bonchev–Trinajstić information content (AvgIpc) is 2.80. The van der Waals surface area contributed by atoms with Crippen LogP contribution in [0, 0.1) is 5.41 Å². The zero-order valence-corrected chi connectivity index (χ0v) is 11.2. The summed E-state index contributed by atoms with van der Waals surface area (Å²) in [5.41, 5.74) is 4.78. The molecule has 3 N–H and O–H groups in total. The lowest BCUT2D eigenvalue weighted by atomic mass is 9.94. The first-order valence-electron chi connectivity index (χ1n) is 6.08. The minimum atomic E-state index is -4.47. The quantitative estimate of drug-likeness (QED) is 0.904. The van der Waals surface area contributed by atoms with E-state index in [1.807, 2.05) is 13.8 Å². The molecule has 2 heterocycles. The minimum absolute atomic E-state index is 0.179. The molecule has 0 spiro atoms. The molecule has 2 aromatic rings. The molecule has 0 aliphatic carbocycles. The summed E-state index contributed by atoms with van der Waals surface area (Å²) in [6, 6.07) is 0.977. The molecule has 0 aliphatic heterocycles. The van der Waals surface area contributed by atoms with E-state index < -0.39 is 11.9 Å². The van der Waals surface area contributed by atoms with Crippen molar-refractivity contribution in [3.05, 3.63) is 24.2 Å². The van der Waals surface area contributed by atoms with Crippen molar-refractivity contribution in [2.24, 2.45) is 11.1 Å². The fourth-order valence-corrected chi connectivity index (χ4v) is 1.59. The van der Waals surface area contributed by atoms with Crippen molar-refractivity contribution >= 4 is 11.3 Å². The molecule has 0 aliphatic rings. The van der Waals surface area contributed by atoms with Crippen molar-refractivity contribution in [2.75, 3.05) is 18.4 Å². The first-order chi connectivity index (χ1) is 9.23. The van der Waals surface area contributed by atoms with Crippen LogP contribution < -0.4 is 11.1 Å². The first kappa shape index (κ1) is 14.6. The summed E-state index contributed by atoms with van der Waals surface area (Å²) >= 11 is 0. The Morgan fingerprint density at radius 2 is 2.05 bits per heavy atom. The van der Waals surface area contributed by atoms with E-state index in [4.69, 9.17) is 5.73 Å². The van der Waals surface area contributed by atoms with Gasteiger partial charge < -0.3 is 11.1 Å². The normalized spacial score (nSPS) is 12.9. The molecule has 8 heteroatoms. The second-order valence-corrected chi connectivity index (χ2v) is 5.35. The van der Waals surface area contributed by atoms with Gasteiger partial charge in [0.1, 0.15) is 5.52 Å². The summed E-state index contributed by atoms with van der Waals surface area (Å²) < 4.78 is 39.1. The number of rotatable bonds is 4. The Balaban J connectivity index is 2.32. The Morgan fingerprint density at radius 1 is 1.35 bits per heavy atom. The number of aromatic nitrogens is 3. The lowest BCUT2D eigenvalue weighted by Crippen LogP contribution is -2.31. The molecule has 110 valence electrons. The molecule has 2 aromatic heterocycles. The fraction of sp³-hybridized carbons (Fsp3) is 0.500. The van der Waals surface area contributed by atoms with E-state index in [0.29, 0.717) is 18.9 Å². The van der Waals surface area contributed by atoms with Gasteiger partial charge in [0.25, 0.3) is 0 Å². The van der Waals surface area contributed by atoms with Gasteiger partial charge in [0.05, 0.1) is 0 Å². The molecule has 5 nitrogen and oxygen atoms in total. The standard InChI is InChI=1S/C12H16F3N5/c1-11(2,6-16)7-18-10-8-5-9(12(13,14)15)19-20(8)4-3-17-10/h3-5H,6-7,16H2,1-2H3,(H,17,18). The van der Waals surface area contributed by atoms with Crippen LogP contribution in [0.5, 0.6) is 0 Å². The Hall–Kier alpha value is -1.83. The largest absolute Gasteiger partial charge is 0.435 e. The van der Waals surface area contributed by atoms with Gasteiger partial charge in [-0.05, 0) is 12.0 Å². The van der Waals surface area contributed by atoms with E-state index in [0.717, 1.165) is 10.6 Å². The molecule has 0 radical (unpaired) electrons. The highest BCUT2D eigenvalue weighted by molar-refractivity contribution is 5.68. The van der Waals surface area contributed by atoms with E-state index in [2.05, 4.69) is 15.4 Å². The van der Waals surface area contributed by atoms with Gasteiger partial charge in [-0.1, -0.05) is 13.8 Å². The van der Waals surface area contributed by atoms with Crippen LogP contribution in [0.1, 0.15) is 19.5 Å². The molecule has 0 fully saturated rings. The van der Waals surface area contributed by atoms with Crippen molar-refractivity contribution in [3.8, 4) is 0 Å². The smallest absolute Gasteiger partial charge is 0.368 e. The second-order valence-electron chi connectivity index (χ2n) is 5.35. The van der Waals surface area contributed by atoms with Gasteiger partial charge in [0, 0.05) is 25.0 Å². The summed E-state index contributed by atoms with van der Waals surface area (Å²) in [5, 5.41) is 6.52. The number of anilines is 1. The van der Waals surface area contributed by atoms with E-state index in [1.165, 1.54) is 12.4 Å². The predicted octanol–water partition coefficient (Wildman–Crippen LogP) is 2.14. The van der Waals surface area contributed by atoms with Gasteiger partial charge in [-0.15, -0.1) is 0 Å². The molecular formula is C12H16F3N5. The number of fused-ring (bicyclic) bond motifs is 1. The lowest BCUT2D eigenvalue weighted by Gasteiger charge is -2.23. The molecular weight excluding hydrogens is 271 g/mol. The third-order valence-electron chi connectivity index (χ3n) is 2.97. The third kappa shape index (κ3) is 3.01. The minimum Gasteiger partial charge on any atom is -0.368 e.